The highest BCUT2D eigenvalue weighted by Crippen LogP contribution is 2.21. The molecule has 0 unspecified atom stereocenters. The summed E-state index contributed by atoms with van der Waals surface area (Å²) in [6, 6.07) is 7.67. The molecule has 0 saturated heterocycles. The zero-order chi connectivity index (χ0) is 19.6. The molecule has 2 N–H and O–H groups in total. The molecule has 0 aliphatic heterocycles. The molecule has 2 aromatic heterocycles. The first-order chi connectivity index (χ1) is 12.8. The minimum atomic E-state index is -1.09. The van der Waals surface area contributed by atoms with Gasteiger partial charge in [-0.25, -0.2) is 9.07 Å². The lowest BCUT2D eigenvalue weighted by Gasteiger charge is -2.08. The van der Waals surface area contributed by atoms with Gasteiger partial charge in [-0.05, 0) is 37.6 Å². The second-order valence-corrected chi connectivity index (χ2v) is 6.06. The van der Waals surface area contributed by atoms with E-state index in [0.29, 0.717) is 23.6 Å². The summed E-state index contributed by atoms with van der Waals surface area (Å²) in [7, 11) is 0. The number of aliphatic carboxylic acids is 1. The standard InChI is InChI=1S/C18H18FN5O3/c1-11-17(21-18(27)15-6-7-20-24(15)10-16(25)26)12(2)23(22-11)9-13-4-3-5-14(19)8-13/h3-8H,9-10H2,1-2H3,(H,21,27)(H,25,26). The molecule has 3 rings (SSSR count). The normalized spacial score (nSPS) is 10.8. The number of carboxylic acids is 1. The predicted octanol–water partition coefficient (Wildman–Crippen LogP) is 2.22. The van der Waals surface area contributed by atoms with Crippen LogP contribution in [-0.4, -0.2) is 36.5 Å². The van der Waals surface area contributed by atoms with Crippen LogP contribution in [0.2, 0.25) is 0 Å². The number of rotatable bonds is 6. The number of hydrogen-bond donors (Lipinski definition) is 2. The topological polar surface area (TPSA) is 102 Å². The molecule has 0 spiro atoms. The van der Waals surface area contributed by atoms with Gasteiger partial charge >= 0.3 is 5.97 Å². The fourth-order valence-electron chi connectivity index (χ4n) is 2.80. The number of hydrogen-bond acceptors (Lipinski definition) is 4. The van der Waals surface area contributed by atoms with Crippen LogP contribution in [0.5, 0.6) is 0 Å². The summed E-state index contributed by atoms with van der Waals surface area (Å²) >= 11 is 0. The lowest BCUT2D eigenvalue weighted by atomic mass is 10.2. The Labute approximate surface area is 154 Å². The zero-order valence-electron chi connectivity index (χ0n) is 14.8. The number of halogens is 1. The fraction of sp³-hybridized carbons (Fsp3) is 0.222. The zero-order valence-corrected chi connectivity index (χ0v) is 14.8. The molecule has 1 amide bonds. The van der Waals surface area contributed by atoms with Gasteiger partial charge in [0, 0.05) is 6.20 Å². The van der Waals surface area contributed by atoms with Crippen molar-refractivity contribution in [3.8, 4) is 0 Å². The molecule has 0 bridgehead atoms. The summed E-state index contributed by atoms with van der Waals surface area (Å²) in [5.41, 5.74) is 2.71. The lowest BCUT2D eigenvalue weighted by Crippen LogP contribution is -2.21. The third kappa shape index (κ3) is 4.02. The van der Waals surface area contributed by atoms with Crippen LogP contribution in [-0.2, 0) is 17.9 Å². The molecular weight excluding hydrogens is 353 g/mol. The van der Waals surface area contributed by atoms with Gasteiger partial charge in [0.25, 0.3) is 5.91 Å². The Morgan fingerprint density at radius 3 is 2.70 bits per heavy atom. The largest absolute Gasteiger partial charge is 0.480 e. The number of carbonyl (C=O) groups is 2. The third-order valence-electron chi connectivity index (χ3n) is 4.08. The van der Waals surface area contributed by atoms with Gasteiger partial charge in [-0.15, -0.1) is 0 Å². The van der Waals surface area contributed by atoms with Crippen molar-refractivity contribution in [1.82, 2.24) is 19.6 Å². The highest BCUT2D eigenvalue weighted by atomic mass is 19.1. The Morgan fingerprint density at radius 2 is 2.00 bits per heavy atom. The van der Waals surface area contributed by atoms with E-state index >= 15 is 0 Å². The molecule has 0 atom stereocenters. The van der Waals surface area contributed by atoms with E-state index in [9.17, 15) is 14.0 Å². The van der Waals surface area contributed by atoms with Crippen LogP contribution < -0.4 is 5.32 Å². The first-order valence-corrected chi connectivity index (χ1v) is 8.18. The maximum Gasteiger partial charge on any atom is 0.325 e. The molecule has 8 nitrogen and oxygen atoms in total. The van der Waals surface area contributed by atoms with E-state index < -0.39 is 18.4 Å². The number of aromatic nitrogens is 4. The summed E-state index contributed by atoms with van der Waals surface area (Å²) in [4.78, 5) is 23.4. The highest BCUT2D eigenvalue weighted by molar-refractivity contribution is 6.03. The second kappa shape index (κ2) is 7.40. The Morgan fingerprint density at radius 1 is 1.22 bits per heavy atom. The maximum atomic E-state index is 13.4. The average molecular weight is 371 g/mol. The minimum Gasteiger partial charge on any atom is -0.480 e. The number of aryl methyl sites for hydroxylation is 1. The molecule has 3 aromatic rings. The van der Waals surface area contributed by atoms with Gasteiger partial charge in [-0.1, -0.05) is 12.1 Å². The summed E-state index contributed by atoms with van der Waals surface area (Å²) in [5.74, 6) is -1.90. The van der Waals surface area contributed by atoms with E-state index in [1.807, 2.05) is 0 Å². The minimum absolute atomic E-state index is 0.133. The van der Waals surface area contributed by atoms with Gasteiger partial charge in [0.15, 0.2) is 0 Å². The maximum absolute atomic E-state index is 13.4. The number of benzene rings is 1. The van der Waals surface area contributed by atoms with E-state index in [0.717, 1.165) is 10.2 Å². The molecule has 0 fully saturated rings. The number of carboxylic acid groups (broad SMARTS) is 1. The summed E-state index contributed by atoms with van der Waals surface area (Å²) < 4.78 is 16.2. The fourth-order valence-corrected chi connectivity index (χ4v) is 2.80. The van der Waals surface area contributed by atoms with Gasteiger partial charge in [-0.2, -0.15) is 10.2 Å². The predicted molar refractivity (Wildman–Crippen MR) is 95.0 cm³/mol. The molecular formula is C18H18FN5O3. The van der Waals surface area contributed by atoms with Crippen molar-refractivity contribution in [2.24, 2.45) is 0 Å². The van der Waals surface area contributed by atoms with Gasteiger partial charge in [0.05, 0.1) is 23.6 Å². The Kier molecular flexibility index (Phi) is 5.02. The molecule has 27 heavy (non-hydrogen) atoms. The summed E-state index contributed by atoms with van der Waals surface area (Å²) in [5, 5.41) is 19.9. The van der Waals surface area contributed by atoms with E-state index in [1.54, 1.807) is 30.7 Å². The lowest BCUT2D eigenvalue weighted by molar-refractivity contribution is -0.137. The quantitative estimate of drug-likeness (QED) is 0.692. The van der Waals surface area contributed by atoms with Crippen molar-refractivity contribution >= 4 is 17.6 Å². The molecule has 9 heteroatoms. The number of amides is 1. The Hall–Kier alpha value is -3.49. The van der Waals surface area contributed by atoms with E-state index in [2.05, 4.69) is 15.5 Å². The highest BCUT2D eigenvalue weighted by Gasteiger charge is 2.19. The average Bonchev–Trinajstić information content (AvgIpc) is 3.14. The van der Waals surface area contributed by atoms with Crippen LogP contribution >= 0.6 is 0 Å². The molecule has 0 aliphatic carbocycles. The van der Waals surface area contributed by atoms with E-state index in [4.69, 9.17) is 5.11 Å². The molecule has 2 heterocycles. The van der Waals surface area contributed by atoms with Crippen LogP contribution in [0.4, 0.5) is 10.1 Å². The SMILES string of the molecule is Cc1nn(Cc2cccc(F)c2)c(C)c1NC(=O)c1ccnn1CC(=O)O. The van der Waals surface area contributed by atoms with E-state index in [1.165, 1.54) is 24.4 Å². The van der Waals surface area contributed by atoms with Crippen molar-refractivity contribution in [2.45, 2.75) is 26.9 Å². The van der Waals surface area contributed by atoms with Gasteiger partial charge in [0.1, 0.15) is 18.1 Å². The smallest absolute Gasteiger partial charge is 0.325 e. The Balaban J connectivity index is 1.82. The first-order valence-electron chi connectivity index (χ1n) is 8.18. The molecule has 0 aliphatic rings. The molecule has 140 valence electrons. The number of carbonyl (C=O) groups excluding carboxylic acids is 1. The van der Waals surface area contributed by atoms with Crippen LogP contribution in [0.15, 0.2) is 36.5 Å². The van der Waals surface area contributed by atoms with Gasteiger partial charge in [0.2, 0.25) is 0 Å². The molecule has 0 radical (unpaired) electrons. The van der Waals surface area contributed by atoms with E-state index in [-0.39, 0.29) is 11.5 Å². The van der Waals surface area contributed by atoms with Crippen molar-refractivity contribution in [1.29, 1.82) is 0 Å². The monoisotopic (exact) mass is 371 g/mol. The van der Waals surface area contributed by atoms with Crippen LogP contribution in [0, 0.1) is 19.7 Å². The second-order valence-electron chi connectivity index (χ2n) is 6.06. The number of nitrogens with zero attached hydrogens (tertiary/aromatic N) is 4. The van der Waals surface area contributed by atoms with Crippen molar-refractivity contribution in [3.05, 3.63) is 65.0 Å². The Bertz CT molecular complexity index is 1010. The molecule has 0 saturated carbocycles. The van der Waals surface area contributed by atoms with Crippen molar-refractivity contribution < 1.29 is 19.1 Å². The number of anilines is 1. The first kappa shape index (κ1) is 18.3. The number of nitrogens with one attached hydrogen (secondary N) is 1. The van der Waals surface area contributed by atoms with Crippen LogP contribution in [0.3, 0.4) is 0 Å². The third-order valence-corrected chi connectivity index (χ3v) is 4.08. The molecule has 1 aromatic carbocycles. The van der Waals surface area contributed by atoms with Crippen LogP contribution in [0.25, 0.3) is 0 Å². The van der Waals surface area contributed by atoms with Crippen molar-refractivity contribution in [3.63, 3.8) is 0 Å². The van der Waals surface area contributed by atoms with Gasteiger partial charge < -0.3 is 10.4 Å². The van der Waals surface area contributed by atoms with Crippen LogP contribution in [0.1, 0.15) is 27.4 Å². The van der Waals surface area contributed by atoms with Crippen molar-refractivity contribution in [2.75, 3.05) is 5.32 Å². The van der Waals surface area contributed by atoms with Gasteiger partial charge in [-0.3, -0.25) is 14.3 Å². The summed E-state index contributed by atoms with van der Waals surface area (Å²) in [6.45, 7) is 3.49. The summed E-state index contributed by atoms with van der Waals surface area (Å²) in [6.07, 6.45) is 1.37.